The lowest BCUT2D eigenvalue weighted by atomic mass is 10.1. The zero-order valence-electron chi connectivity index (χ0n) is 13.6. The highest BCUT2D eigenvalue weighted by Gasteiger charge is 2.19. The van der Waals surface area contributed by atoms with Gasteiger partial charge in [-0.1, -0.05) is 0 Å². The van der Waals surface area contributed by atoms with Crippen LogP contribution in [0.5, 0.6) is 17.2 Å². The van der Waals surface area contributed by atoms with Crippen molar-refractivity contribution in [2.24, 2.45) is 5.73 Å². The summed E-state index contributed by atoms with van der Waals surface area (Å²) >= 11 is 0. The summed E-state index contributed by atoms with van der Waals surface area (Å²) in [6.07, 6.45) is 1.72. The number of hydrogen-bond donors (Lipinski definition) is 1. The Labute approximate surface area is 129 Å². The van der Waals surface area contributed by atoms with Crippen LogP contribution in [0.25, 0.3) is 10.8 Å². The third-order valence-corrected chi connectivity index (χ3v) is 3.36. The van der Waals surface area contributed by atoms with Crippen molar-refractivity contribution in [1.29, 1.82) is 0 Å². The van der Waals surface area contributed by atoms with Gasteiger partial charge < -0.3 is 24.5 Å². The van der Waals surface area contributed by atoms with Gasteiger partial charge in [0, 0.05) is 23.7 Å². The Morgan fingerprint density at radius 3 is 2.23 bits per heavy atom. The van der Waals surface area contributed by atoms with Crippen LogP contribution < -0.4 is 25.5 Å². The van der Waals surface area contributed by atoms with Crippen molar-refractivity contribution < 1.29 is 14.2 Å². The average Bonchev–Trinajstić information content (AvgIpc) is 2.46. The van der Waals surface area contributed by atoms with Gasteiger partial charge in [0.05, 0.1) is 26.7 Å². The van der Waals surface area contributed by atoms with E-state index in [9.17, 15) is 4.79 Å². The topological polar surface area (TPSA) is 75.7 Å². The summed E-state index contributed by atoms with van der Waals surface area (Å²) < 4.78 is 17.6. The molecule has 0 atom stereocenters. The summed E-state index contributed by atoms with van der Waals surface area (Å²) in [7, 11) is 4.59. The van der Waals surface area contributed by atoms with Gasteiger partial charge in [0.1, 0.15) is 0 Å². The first kappa shape index (κ1) is 16.2. The molecular formula is C16H22N2O4. The van der Waals surface area contributed by atoms with E-state index in [0.29, 0.717) is 34.6 Å². The van der Waals surface area contributed by atoms with E-state index in [1.807, 2.05) is 19.9 Å². The monoisotopic (exact) mass is 306 g/mol. The van der Waals surface area contributed by atoms with Crippen LogP contribution in [0.2, 0.25) is 0 Å². The molecule has 22 heavy (non-hydrogen) atoms. The summed E-state index contributed by atoms with van der Waals surface area (Å²) in [5.74, 6) is 1.40. The Balaban J connectivity index is 2.78. The van der Waals surface area contributed by atoms with Crippen LogP contribution in [-0.2, 0) is 6.54 Å². The number of methoxy groups -OCH3 is 3. The molecule has 2 N–H and O–H groups in total. The molecule has 0 fully saturated rings. The maximum Gasteiger partial charge on any atom is 0.258 e. The van der Waals surface area contributed by atoms with Gasteiger partial charge in [0.25, 0.3) is 5.56 Å². The van der Waals surface area contributed by atoms with Crippen molar-refractivity contribution in [3.63, 3.8) is 0 Å². The van der Waals surface area contributed by atoms with Crippen LogP contribution in [0, 0.1) is 0 Å². The quantitative estimate of drug-likeness (QED) is 0.911. The summed E-state index contributed by atoms with van der Waals surface area (Å²) in [6, 6.07) is 3.49. The molecule has 0 bridgehead atoms. The van der Waals surface area contributed by atoms with Crippen LogP contribution in [0.3, 0.4) is 0 Å². The van der Waals surface area contributed by atoms with Crippen LogP contribution in [-0.4, -0.2) is 31.4 Å². The standard InChI is InChI=1S/C16H22N2O4/c1-16(2,17)9-18-7-6-10-11(15(18)19)8-12(20-3)14(22-5)13(10)21-4/h6-8H,9,17H2,1-5H3. The molecule has 1 aromatic carbocycles. The third-order valence-electron chi connectivity index (χ3n) is 3.36. The van der Waals surface area contributed by atoms with Gasteiger partial charge in [-0.3, -0.25) is 4.79 Å². The second kappa shape index (κ2) is 5.88. The van der Waals surface area contributed by atoms with E-state index in [1.54, 1.807) is 16.8 Å². The molecule has 1 aromatic heterocycles. The first-order valence-electron chi connectivity index (χ1n) is 6.93. The highest BCUT2D eigenvalue weighted by Crippen LogP contribution is 2.42. The fourth-order valence-corrected chi connectivity index (χ4v) is 2.47. The molecule has 6 nitrogen and oxygen atoms in total. The minimum Gasteiger partial charge on any atom is -0.493 e. The zero-order chi connectivity index (χ0) is 16.5. The SMILES string of the molecule is COc1cc2c(=O)n(CC(C)(C)N)ccc2c(OC)c1OC. The smallest absolute Gasteiger partial charge is 0.258 e. The van der Waals surface area contributed by atoms with Gasteiger partial charge in [-0.2, -0.15) is 0 Å². The van der Waals surface area contributed by atoms with Gasteiger partial charge in [-0.25, -0.2) is 0 Å². The van der Waals surface area contributed by atoms with Crippen molar-refractivity contribution in [3.8, 4) is 17.2 Å². The number of aromatic nitrogens is 1. The zero-order valence-corrected chi connectivity index (χ0v) is 13.6. The Morgan fingerprint density at radius 1 is 1.09 bits per heavy atom. The number of hydrogen-bond acceptors (Lipinski definition) is 5. The van der Waals surface area contributed by atoms with Crippen LogP contribution in [0.15, 0.2) is 23.1 Å². The Bertz CT molecular complexity index is 744. The van der Waals surface area contributed by atoms with Crippen LogP contribution in [0.1, 0.15) is 13.8 Å². The van der Waals surface area contributed by atoms with E-state index in [1.165, 1.54) is 21.3 Å². The first-order valence-corrected chi connectivity index (χ1v) is 6.93. The minimum atomic E-state index is -0.488. The van der Waals surface area contributed by atoms with Crippen molar-refractivity contribution in [2.75, 3.05) is 21.3 Å². The number of rotatable bonds is 5. The molecular weight excluding hydrogens is 284 g/mol. The van der Waals surface area contributed by atoms with Gasteiger partial charge >= 0.3 is 0 Å². The molecule has 0 saturated heterocycles. The van der Waals surface area contributed by atoms with Crippen molar-refractivity contribution in [3.05, 3.63) is 28.7 Å². The predicted molar refractivity (Wildman–Crippen MR) is 86.1 cm³/mol. The second-order valence-electron chi connectivity index (χ2n) is 5.84. The largest absolute Gasteiger partial charge is 0.493 e. The fourth-order valence-electron chi connectivity index (χ4n) is 2.47. The number of benzene rings is 1. The number of ether oxygens (including phenoxy) is 3. The number of fused-ring (bicyclic) bond motifs is 1. The fraction of sp³-hybridized carbons (Fsp3) is 0.438. The molecule has 0 spiro atoms. The highest BCUT2D eigenvalue weighted by atomic mass is 16.5. The summed E-state index contributed by atoms with van der Waals surface area (Å²) in [5, 5.41) is 1.18. The van der Waals surface area contributed by atoms with E-state index >= 15 is 0 Å². The molecule has 0 aliphatic carbocycles. The third kappa shape index (κ3) is 2.87. The molecule has 120 valence electrons. The molecule has 0 amide bonds. The molecule has 2 rings (SSSR count). The van der Waals surface area contributed by atoms with E-state index in [-0.39, 0.29) is 5.56 Å². The molecule has 6 heteroatoms. The Morgan fingerprint density at radius 2 is 1.73 bits per heavy atom. The molecule has 0 radical (unpaired) electrons. The Kier molecular flexibility index (Phi) is 4.32. The molecule has 0 aliphatic rings. The molecule has 0 aliphatic heterocycles. The van der Waals surface area contributed by atoms with Gasteiger partial charge in [0.15, 0.2) is 11.5 Å². The molecule has 2 aromatic rings. The van der Waals surface area contributed by atoms with E-state index < -0.39 is 5.54 Å². The van der Waals surface area contributed by atoms with Crippen molar-refractivity contribution in [2.45, 2.75) is 25.9 Å². The first-order chi connectivity index (χ1) is 10.3. The van der Waals surface area contributed by atoms with Crippen molar-refractivity contribution in [1.82, 2.24) is 4.57 Å². The van der Waals surface area contributed by atoms with Gasteiger partial charge in [-0.05, 0) is 26.0 Å². The van der Waals surface area contributed by atoms with Crippen LogP contribution >= 0.6 is 0 Å². The lowest BCUT2D eigenvalue weighted by molar-refractivity contribution is 0.327. The Hall–Kier alpha value is -2.21. The maximum absolute atomic E-state index is 12.7. The van der Waals surface area contributed by atoms with E-state index in [0.717, 1.165) is 0 Å². The number of pyridine rings is 1. The molecule has 0 unspecified atom stereocenters. The summed E-state index contributed by atoms with van der Waals surface area (Å²) in [5.41, 5.74) is 5.38. The van der Waals surface area contributed by atoms with Gasteiger partial charge in [0.2, 0.25) is 5.75 Å². The number of nitrogens with zero attached hydrogens (tertiary/aromatic N) is 1. The van der Waals surface area contributed by atoms with E-state index in [2.05, 4.69) is 0 Å². The van der Waals surface area contributed by atoms with Gasteiger partial charge in [-0.15, -0.1) is 0 Å². The lowest BCUT2D eigenvalue weighted by Crippen LogP contribution is -2.40. The van der Waals surface area contributed by atoms with E-state index in [4.69, 9.17) is 19.9 Å². The summed E-state index contributed by atoms with van der Waals surface area (Å²) in [6.45, 7) is 4.16. The van der Waals surface area contributed by atoms with Crippen LogP contribution in [0.4, 0.5) is 0 Å². The molecule has 0 saturated carbocycles. The average molecular weight is 306 g/mol. The highest BCUT2D eigenvalue weighted by molar-refractivity contribution is 5.92. The normalized spacial score (nSPS) is 11.5. The number of nitrogens with two attached hydrogens (primary N) is 1. The molecule has 1 heterocycles. The minimum absolute atomic E-state index is 0.143. The second-order valence-corrected chi connectivity index (χ2v) is 5.84. The summed E-state index contributed by atoms with van der Waals surface area (Å²) in [4.78, 5) is 12.7. The predicted octanol–water partition coefficient (Wildman–Crippen LogP) is 1.76. The van der Waals surface area contributed by atoms with Crippen molar-refractivity contribution >= 4 is 10.8 Å². The lowest BCUT2D eigenvalue weighted by Gasteiger charge is -2.21. The maximum atomic E-state index is 12.7.